The summed E-state index contributed by atoms with van der Waals surface area (Å²) in [5.74, 6) is -1.64. The van der Waals surface area contributed by atoms with Crippen LogP contribution in [0.2, 0.25) is 0 Å². The number of carbonyl (C=O) groups excluding carboxylic acids is 1. The summed E-state index contributed by atoms with van der Waals surface area (Å²) in [4.78, 5) is 26.6. The molecule has 1 atom stereocenters. The Bertz CT molecular complexity index is 1340. The zero-order chi connectivity index (χ0) is 26.5. The van der Waals surface area contributed by atoms with Crippen LogP contribution >= 0.6 is 11.8 Å². The zero-order valence-electron chi connectivity index (χ0n) is 19.9. The monoisotopic (exact) mass is 538 g/mol. The Kier molecular flexibility index (Phi) is 6.42. The van der Waals surface area contributed by atoms with Crippen molar-refractivity contribution in [1.29, 1.82) is 0 Å². The minimum absolute atomic E-state index is 0.00671. The normalized spacial score (nSPS) is 23.9. The number of hydrogen-bond acceptors (Lipinski definition) is 8. The lowest BCUT2D eigenvalue weighted by Crippen LogP contribution is -2.59. The molecule has 2 fully saturated rings. The van der Waals surface area contributed by atoms with Crippen molar-refractivity contribution in [1.82, 2.24) is 24.8 Å². The number of thioether (sulfide) groups is 1. The quantitative estimate of drug-likeness (QED) is 0.409. The van der Waals surface area contributed by atoms with Crippen LogP contribution in [-0.4, -0.2) is 61.6 Å². The molecule has 0 unspecified atom stereocenters. The van der Waals surface area contributed by atoms with Crippen molar-refractivity contribution in [3.63, 3.8) is 0 Å². The molecule has 37 heavy (non-hydrogen) atoms. The van der Waals surface area contributed by atoms with E-state index < -0.39 is 23.1 Å². The van der Waals surface area contributed by atoms with Crippen molar-refractivity contribution in [2.24, 2.45) is 5.73 Å². The highest BCUT2D eigenvalue weighted by Gasteiger charge is 2.45. The van der Waals surface area contributed by atoms with E-state index >= 15 is 0 Å². The Labute approximate surface area is 214 Å². The van der Waals surface area contributed by atoms with E-state index in [0.717, 1.165) is 18.9 Å². The van der Waals surface area contributed by atoms with Gasteiger partial charge >= 0.3 is 6.18 Å². The lowest BCUT2D eigenvalue weighted by atomic mass is 9.90. The SMILES string of the molecule is CS[C@H]1C[C@H](NC(=O)[C@@]2(N)CCN(c3ccc(F)c(C(F)(F)F)c3Cn3cnc4c(N)ncnc43)C2)C1. The number of fused-ring (bicyclic) bond motifs is 1. The Balaban J connectivity index is 1.47. The standard InChI is InChI=1S/C23H26F4N8OS/c1-37-13-6-12(7-13)33-21(36)22(29)4-5-34(9-22)16-3-2-15(24)17(23(25,26)27)14(16)8-35-11-32-18-19(28)30-10-31-20(18)35/h2-3,10-13H,4-9,29H2,1H3,(H,33,36)(H2,28,30,31)/t12-,13-,22-/m1/s1. The maximum Gasteiger partial charge on any atom is 0.419 e. The van der Waals surface area contributed by atoms with Crippen molar-refractivity contribution in [3.05, 3.63) is 41.7 Å². The summed E-state index contributed by atoms with van der Waals surface area (Å²) in [6, 6.07) is 2.13. The Morgan fingerprint density at radius 1 is 1.27 bits per heavy atom. The van der Waals surface area contributed by atoms with Gasteiger partial charge in [-0.3, -0.25) is 4.79 Å². The molecule has 0 bridgehead atoms. The first-order valence-electron chi connectivity index (χ1n) is 11.7. The van der Waals surface area contributed by atoms with Crippen LogP contribution in [0.5, 0.6) is 0 Å². The van der Waals surface area contributed by atoms with Crippen molar-refractivity contribution < 1.29 is 22.4 Å². The number of halogens is 4. The van der Waals surface area contributed by atoms with Gasteiger partial charge in [0.15, 0.2) is 11.5 Å². The van der Waals surface area contributed by atoms with Gasteiger partial charge in [0.1, 0.15) is 23.2 Å². The van der Waals surface area contributed by atoms with Gasteiger partial charge in [-0.2, -0.15) is 24.9 Å². The first-order valence-corrected chi connectivity index (χ1v) is 13.0. The molecule has 1 aliphatic carbocycles. The second-order valence-electron chi connectivity index (χ2n) is 9.55. The molecule has 0 radical (unpaired) electrons. The molecule has 3 aromatic rings. The molecule has 5 rings (SSSR count). The molecule has 14 heteroatoms. The molecule has 5 N–H and O–H groups in total. The van der Waals surface area contributed by atoms with Crippen molar-refractivity contribution in [2.45, 2.75) is 48.8 Å². The van der Waals surface area contributed by atoms with E-state index in [4.69, 9.17) is 11.5 Å². The predicted molar refractivity (Wildman–Crippen MR) is 132 cm³/mol. The minimum Gasteiger partial charge on any atom is -0.382 e. The lowest BCUT2D eigenvalue weighted by Gasteiger charge is -2.37. The Morgan fingerprint density at radius 3 is 2.73 bits per heavy atom. The van der Waals surface area contributed by atoms with Crippen LogP contribution < -0.4 is 21.7 Å². The molecule has 1 amide bonds. The van der Waals surface area contributed by atoms with E-state index in [2.05, 4.69) is 20.3 Å². The van der Waals surface area contributed by atoms with Gasteiger partial charge in [-0.1, -0.05) is 0 Å². The maximum absolute atomic E-state index is 14.7. The number of amides is 1. The van der Waals surface area contributed by atoms with Crippen LogP contribution in [0, 0.1) is 5.82 Å². The second-order valence-corrected chi connectivity index (χ2v) is 10.7. The summed E-state index contributed by atoms with van der Waals surface area (Å²) < 4.78 is 58.3. The highest BCUT2D eigenvalue weighted by molar-refractivity contribution is 7.99. The highest BCUT2D eigenvalue weighted by Crippen LogP contribution is 2.41. The minimum atomic E-state index is -4.96. The first-order chi connectivity index (χ1) is 17.5. The van der Waals surface area contributed by atoms with E-state index in [1.807, 2.05) is 6.26 Å². The Hall–Kier alpha value is -3.13. The molecule has 198 valence electrons. The number of carbonyl (C=O) groups is 1. The van der Waals surface area contributed by atoms with E-state index in [9.17, 15) is 22.4 Å². The molecule has 1 saturated carbocycles. The third-order valence-electron chi connectivity index (χ3n) is 7.14. The second kappa shape index (κ2) is 9.31. The van der Waals surface area contributed by atoms with Gasteiger partial charge in [0, 0.05) is 35.6 Å². The molecule has 3 heterocycles. The predicted octanol–water partition coefficient (Wildman–Crippen LogP) is 2.53. The summed E-state index contributed by atoms with van der Waals surface area (Å²) in [5, 5.41) is 3.48. The van der Waals surface area contributed by atoms with Gasteiger partial charge < -0.3 is 26.3 Å². The van der Waals surface area contributed by atoms with E-state index in [-0.39, 0.29) is 66.2 Å². The number of nitrogen functional groups attached to an aromatic ring is 1. The number of rotatable bonds is 6. The molecule has 0 spiro atoms. The Morgan fingerprint density at radius 2 is 2.03 bits per heavy atom. The summed E-state index contributed by atoms with van der Waals surface area (Å²) in [6.45, 7) is -0.154. The topological polar surface area (TPSA) is 128 Å². The summed E-state index contributed by atoms with van der Waals surface area (Å²) in [6.07, 6.45) is 1.48. The number of anilines is 2. The number of hydrogen-bond donors (Lipinski definition) is 3. The maximum atomic E-state index is 14.7. The van der Waals surface area contributed by atoms with Crippen LogP contribution in [0.4, 0.5) is 29.1 Å². The van der Waals surface area contributed by atoms with Crippen LogP contribution in [0.15, 0.2) is 24.8 Å². The van der Waals surface area contributed by atoms with Crippen LogP contribution in [0.1, 0.15) is 30.4 Å². The highest BCUT2D eigenvalue weighted by atomic mass is 32.2. The third-order valence-corrected chi connectivity index (χ3v) is 8.19. The van der Waals surface area contributed by atoms with E-state index in [0.29, 0.717) is 5.25 Å². The molecule has 1 aromatic carbocycles. The number of nitrogens with zero attached hydrogens (tertiary/aromatic N) is 5. The summed E-state index contributed by atoms with van der Waals surface area (Å²) >= 11 is 1.75. The molecular weight excluding hydrogens is 512 g/mol. The van der Waals surface area contributed by atoms with Crippen molar-refractivity contribution in [2.75, 3.05) is 30.0 Å². The number of imidazole rings is 1. The van der Waals surface area contributed by atoms with Gasteiger partial charge in [0.2, 0.25) is 5.91 Å². The zero-order valence-corrected chi connectivity index (χ0v) is 20.7. The van der Waals surface area contributed by atoms with Gasteiger partial charge in [0.25, 0.3) is 0 Å². The molecular formula is C23H26F4N8OS. The molecule has 1 aliphatic heterocycles. The molecule has 9 nitrogen and oxygen atoms in total. The average Bonchev–Trinajstić information content (AvgIpc) is 3.40. The summed E-state index contributed by atoms with van der Waals surface area (Å²) in [5.41, 5.74) is 9.88. The van der Waals surface area contributed by atoms with Crippen LogP contribution in [-0.2, 0) is 17.5 Å². The number of aromatic nitrogens is 4. The number of nitrogens with one attached hydrogen (secondary N) is 1. The number of benzene rings is 1. The van der Waals surface area contributed by atoms with Crippen LogP contribution in [0.3, 0.4) is 0 Å². The van der Waals surface area contributed by atoms with Crippen molar-refractivity contribution >= 4 is 40.3 Å². The van der Waals surface area contributed by atoms with Gasteiger partial charge in [0.05, 0.1) is 18.4 Å². The smallest absolute Gasteiger partial charge is 0.382 e. The van der Waals surface area contributed by atoms with Gasteiger partial charge in [-0.25, -0.2) is 19.3 Å². The van der Waals surface area contributed by atoms with Crippen molar-refractivity contribution in [3.8, 4) is 0 Å². The van der Waals surface area contributed by atoms with E-state index in [1.165, 1.54) is 23.3 Å². The average molecular weight is 539 g/mol. The number of nitrogens with two attached hydrogens (primary N) is 2. The molecule has 2 aromatic heterocycles. The molecule has 2 aliphatic rings. The first kappa shape index (κ1) is 25.5. The number of alkyl halides is 3. The van der Waals surface area contributed by atoms with Gasteiger partial charge in [-0.05, 0) is 37.7 Å². The van der Waals surface area contributed by atoms with Gasteiger partial charge in [-0.15, -0.1) is 0 Å². The fraction of sp³-hybridized carbons (Fsp3) is 0.478. The lowest BCUT2D eigenvalue weighted by molar-refractivity contribution is -0.140. The third kappa shape index (κ3) is 4.67. The van der Waals surface area contributed by atoms with E-state index in [1.54, 1.807) is 16.7 Å². The van der Waals surface area contributed by atoms with Crippen LogP contribution in [0.25, 0.3) is 11.2 Å². The molecule has 1 saturated heterocycles. The fourth-order valence-electron chi connectivity index (χ4n) is 4.99. The summed E-state index contributed by atoms with van der Waals surface area (Å²) in [7, 11) is 0. The fourth-order valence-corrected chi connectivity index (χ4v) is 5.83. The largest absolute Gasteiger partial charge is 0.419 e.